The minimum atomic E-state index is -0.273. The molecule has 0 aliphatic heterocycles. The van der Waals surface area contributed by atoms with Crippen LogP contribution in [0.4, 0.5) is 0 Å². The molecule has 0 saturated carbocycles. The number of nitrogens with zero attached hydrogens (tertiary/aromatic N) is 3. The van der Waals surface area contributed by atoms with Gasteiger partial charge < -0.3 is 4.42 Å². The molecular weight excluding hydrogens is 474 g/mol. The predicted octanol–water partition coefficient (Wildman–Crippen LogP) is 6.91. The molecule has 3 aromatic carbocycles. The number of oxazole rings is 1. The Morgan fingerprint density at radius 2 is 1.50 bits per heavy atom. The van der Waals surface area contributed by atoms with Crippen molar-refractivity contribution in [2.75, 3.05) is 0 Å². The maximum absolute atomic E-state index is 13.5. The van der Waals surface area contributed by atoms with Crippen LogP contribution in [-0.2, 0) is 0 Å². The summed E-state index contributed by atoms with van der Waals surface area (Å²) in [5, 5.41) is 1.86. The fraction of sp³-hybridized carbons (Fsp3) is 0.0625. The Bertz CT molecular complexity index is 1900. The van der Waals surface area contributed by atoms with E-state index in [4.69, 9.17) is 9.40 Å². The van der Waals surface area contributed by atoms with Gasteiger partial charge in [-0.05, 0) is 66.1 Å². The molecule has 0 bridgehead atoms. The van der Waals surface area contributed by atoms with E-state index in [0.717, 1.165) is 33.2 Å². The van der Waals surface area contributed by atoms with Crippen LogP contribution >= 0.6 is 0 Å². The summed E-state index contributed by atoms with van der Waals surface area (Å²) >= 11 is 0. The Kier molecular flexibility index (Phi) is 4.78. The van der Waals surface area contributed by atoms with Crippen molar-refractivity contribution in [3.05, 3.63) is 119 Å². The molecule has 0 saturated heterocycles. The minimum Gasteiger partial charge on any atom is -0.434 e. The number of aromatic nitrogens is 3. The normalized spacial score (nSPS) is 13.1. The monoisotopic (exact) mass is 495 g/mol. The summed E-state index contributed by atoms with van der Waals surface area (Å²) in [7, 11) is 0. The molecule has 1 aliphatic rings. The maximum atomic E-state index is 13.5. The Morgan fingerprint density at radius 1 is 0.816 bits per heavy atom. The number of fused-ring (bicyclic) bond motifs is 3. The molecule has 1 aliphatic carbocycles. The highest BCUT2D eigenvalue weighted by atomic mass is 16.3. The second kappa shape index (κ2) is 8.21. The number of carbonyl (C=O) groups is 2. The molecule has 0 fully saturated rings. The van der Waals surface area contributed by atoms with Crippen LogP contribution in [0.3, 0.4) is 0 Å². The van der Waals surface area contributed by atoms with Crippen molar-refractivity contribution in [2.45, 2.75) is 13.8 Å². The van der Waals surface area contributed by atoms with Gasteiger partial charge in [0.1, 0.15) is 0 Å². The largest absolute Gasteiger partial charge is 0.434 e. The number of pyridine rings is 1. The molecule has 38 heavy (non-hydrogen) atoms. The van der Waals surface area contributed by atoms with Gasteiger partial charge >= 0.3 is 0 Å². The van der Waals surface area contributed by atoms with E-state index >= 15 is 0 Å². The number of aryl methyl sites for hydroxylation is 2. The van der Waals surface area contributed by atoms with Crippen LogP contribution < -0.4 is 0 Å². The first-order valence-electron chi connectivity index (χ1n) is 12.3. The quantitative estimate of drug-likeness (QED) is 0.197. The fourth-order valence-corrected chi connectivity index (χ4v) is 5.30. The molecular formula is C32H21N3O3. The van der Waals surface area contributed by atoms with E-state index < -0.39 is 0 Å². The van der Waals surface area contributed by atoms with Crippen LogP contribution in [0.15, 0.2) is 95.2 Å². The van der Waals surface area contributed by atoms with Crippen molar-refractivity contribution in [1.82, 2.24) is 14.5 Å². The molecule has 0 atom stereocenters. The molecule has 3 heterocycles. The summed E-state index contributed by atoms with van der Waals surface area (Å²) in [5.74, 6) is -0.0920. The first-order chi connectivity index (χ1) is 18.5. The zero-order valence-corrected chi connectivity index (χ0v) is 20.7. The average molecular weight is 496 g/mol. The molecule has 182 valence electrons. The van der Waals surface area contributed by atoms with Gasteiger partial charge in [-0.2, -0.15) is 4.98 Å². The lowest BCUT2D eigenvalue weighted by Gasteiger charge is -2.14. The van der Waals surface area contributed by atoms with Crippen LogP contribution in [0, 0.1) is 13.8 Å². The van der Waals surface area contributed by atoms with Gasteiger partial charge in [-0.3, -0.25) is 19.1 Å². The van der Waals surface area contributed by atoms with E-state index in [-0.39, 0.29) is 17.1 Å². The number of allylic oxidation sites excluding steroid dienone is 1. The van der Waals surface area contributed by atoms with Crippen LogP contribution in [-0.4, -0.2) is 26.1 Å². The van der Waals surface area contributed by atoms with Crippen molar-refractivity contribution in [2.24, 2.45) is 0 Å². The number of hydrogen-bond acceptors (Lipinski definition) is 5. The smallest absolute Gasteiger partial charge is 0.230 e. The Hall–Kier alpha value is -5.10. The van der Waals surface area contributed by atoms with Crippen molar-refractivity contribution in [3.8, 4) is 17.1 Å². The van der Waals surface area contributed by atoms with E-state index in [9.17, 15) is 9.59 Å². The van der Waals surface area contributed by atoms with Crippen LogP contribution in [0.2, 0.25) is 0 Å². The Balaban J connectivity index is 1.44. The average Bonchev–Trinajstić information content (AvgIpc) is 3.55. The second-order valence-electron chi connectivity index (χ2n) is 9.55. The number of Topliss-reactive ketones (excluding diaryl/α,β-unsaturated/α-hetero) is 2. The predicted molar refractivity (Wildman–Crippen MR) is 147 cm³/mol. The number of benzene rings is 3. The van der Waals surface area contributed by atoms with E-state index in [1.54, 1.807) is 18.5 Å². The summed E-state index contributed by atoms with van der Waals surface area (Å²) in [4.78, 5) is 36.0. The second-order valence-corrected chi connectivity index (χ2v) is 9.55. The molecule has 6 heteroatoms. The highest BCUT2D eigenvalue weighted by Crippen LogP contribution is 2.35. The Labute approximate surface area is 217 Å². The third-order valence-electron chi connectivity index (χ3n) is 7.11. The Morgan fingerprint density at radius 3 is 2.13 bits per heavy atom. The fourth-order valence-electron chi connectivity index (χ4n) is 5.30. The summed E-state index contributed by atoms with van der Waals surface area (Å²) in [6, 6.07) is 23.0. The molecule has 0 N–H and O–H groups in total. The van der Waals surface area contributed by atoms with Crippen molar-refractivity contribution < 1.29 is 14.0 Å². The van der Waals surface area contributed by atoms with E-state index in [2.05, 4.69) is 4.98 Å². The number of rotatable bonds is 3. The lowest BCUT2D eigenvalue weighted by atomic mass is 10.0. The lowest BCUT2D eigenvalue weighted by Crippen LogP contribution is -2.05. The minimum absolute atomic E-state index is 0.135. The van der Waals surface area contributed by atoms with Crippen LogP contribution in [0.1, 0.15) is 37.5 Å². The third kappa shape index (κ3) is 3.27. The third-order valence-corrected chi connectivity index (χ3v) is 7.11. The molecule has 3 aromatic heterocycles. The molecule has 7 rings (SSSR count). The number of hydrogen-bond donors (Lipinski definition) is 0. The topological polar surface area (TPSA) is 78.0 Å². The van der Waals surface area contributed by atoms with Crippen molar-refractivity contribution in [3.63, 3.8) is 0 Å². The first-order valence-corrected chi connectivity index (χ1v) is 12.3. The molecule has 6 aromatic rings. The molecule has 0 radical (unpaired) electrons. The van der Waals surface area contributed by atoms with Gasteiger partial charge in [-0.1, -0.05) is 42.5 Å². The van der Waals surface area contributed by atoms with E-state index in [0.29, 0.717) is 33.9 Å². The van der Waals surface area contributed by atoms with Gasteiger partial charge in [-0.15, -0.1) is 0 Å². The van der Waals surface area contributed by atoms with Gasteiger partial charge in [0.2, 0.25) is 5.89 Å². The summed E-state index contributed by atoms with van der Waals surface area (Å²) in [6.45, 7) is 4.06. The maximum Gasteiger partial charge on any atom is 0.230 e. The highest BCUT2D eigenvalue weighted by Gasteiger charge is 2.34. The molecule has 0 spiro atoms. The lowest BCUT2D eigenvalue weighted by molar-refractivity contribution is 0.0990. The standard InChI is InChI=1S/C32H21N3O3/c1-18-7-5-8-19(2)28(18)35-23(16-27-31(35)34-32(38-27)22-11-6-12-33-17-22)15-26-29(36)24-13-20-9-3-4-10-21(20)14-25(24)30(26)37/h3-17H,1-2H3. The van der Waals surface area contributed by atoms with Gasteiger partial charge in [0.25, 0.3) is 0 Å². The van der Waals surface area contributed by atoms with E-state index in [1.807, 2.05) is 91.2 Å². The zero-order valence-electron chi connectivity index (χ0n) is 20.7. The van der Waals surface area contributed by atoms with Gasteiger partial charge in [0, 0.05) is 29.6 Å². The number of para-hydroxylation sites is 1. The zero-order chi connectivity index (χ0) is 26.0. The van der Waals surface area contributed by atoms with Gasteiger partial charge in [0.05, 0.1) is 22.5 Å². The SMILES string of the molecule is Cc1cccc(C)c1-n1c(C=C2C(=O)c3cc4ccccc4cc3C2=O)cc2oc(-c3cccnc3)nc21. The van der Waals surface area contributed by atoms with E-state index in [1.165, 1.54) is 0 Å². The number of carbonyl (C=O) groups excluding carboxylic acids is 2. The summed E-state index contributed by atoms with van der Waals surface area (Å²) < 4.78 is 8.11. The highest BCUT2D eigenvalue weighted by molar-refractivity contribution is 6.42. The van der Waals surface area contributed by atoms with Crippen molar-refractivity contribution >= 4 is 39.6 Å². The summed E-state index contributed by atoms with van der Waals surface area (Å²) in [5.41, 5.74) is 6.58. The van der Waals surface area contributed by atoms with Gasteiger partial charge in [-0.25, -0.2) is 0 Å². The first kappa shape index (κ1) is 22.1. The summed E-state index contributed by atoms with van der Waals surface area (Å²) in [6.07, 6.45) is 5.07. The van der Waals surface area contributed by atoms with Crippen LogP contribution in [0.25, 0.3) is 45.2 Å². The molecule has 6 nitrogen and oxygen atoms in total. The molecule has 0 unspecified atom stereocenters. The van der Waals surface area contributed by atoms with Crippen LogP contribution in [0.5, 0.6) is 0 Å². The van der Waals surface area contributed by atoms with Gasteiger partial charge in [0.15, 0.2) is 22.8 Å². The molecule has 0 amide bonds. The van der Waals surface area contributed by atoms with Crippen molar-refractivity contribution in [1.29, 1.82) is 0 Å². The number of ketones is 2.